The van der Waals surface area contributed by atoms with E-state index in [1.54, 1.807) is 0 Å². The minimum atomic E-state index is 0.285. The molecule has 0 aromatic heterocycles. The van der Waals surface area contributed by atoms with Crippen LogP contribution >= 0.6 is 0 Å². The van der Waals surface area contributed by atoms with Crippen molar-refractivity contribution >= 4 is 0 Å². The lowest BCUT2D eigenvalue weighted by molar-refractivity contribution is 0.538. The first-order valence-corrected chi connectivity index (χ1v) is 4.49. The Morgan fingerprint density at radius 3 is 2.92 bits per heavy atom. The molecule has 2 nitrogen and oxygen atoms in total. The average molecular weight is 164 g/mol. The molecule has 0 spiro atoms. The average Bonchev–Trinajstić information content (AvgIpc) is 2.48. The van der Waals surface area contributed by atoms with Crippen molar-refractivity contribution in [2.24, 2.45) is 5.92 Å². The maximum absolute atomic E-state index is 8.67. The summed E-state index contributed by atoms with van der Waals surface area (Å²) >= 11 is 0. The van der Waals surface area contributed by atoms with Gasteiger partial charge in [-0.05, 0) is 26.2 Å². The molecular weight excluding hydrogens is 148 g/mol. The highest BCUT2D eigenvalue weighted by atomic mass is 14.9. The molecule has 1 aliphatic rings. The number of nitriles is 1. The molecule has 2 heteroatoms. The van der Waals surface area contributed by atoms with Gasteiger partial charge in [0.25, 0.3) is 0 Å². The van der Waals surface area contributed by atoms with E-state index in [9.17, 15) is 0 Å². The van der Waals surface area contributed by atoms with Crippen LogP contribution in [0.15, 0.2) is 12.2 Å². The molecule has 0 aromatic rings. The van der Waals surface area contributed by atoms with E-state index in [1.165, 1.54) is 0 Å². The molecule has 0 bridgehead atoms. The number of hydrogen-bond donors (Lipinski definition) is 1. The quantitative estimate of drug-likeness (QED) is 0.646. The van der Waals surface area contributed by atoms with Crippen molar-refractivity contribution in [1.82, 2.24) is 5.32 Å². The van der Waals surface area contributed by atoms with E-state index in [0.29, 0.717) is 6.04 Å². The van der Waals surface area contributed by atoms with Gasteiger partial charge in [-0.2, -0.15) is 5.26 Å². The zero-order chi connectivity index (χ0) is 8.97. The summed E-state index contributed by atoms with van der Waals surface area (Å²) < 4.78 is 0. The fourth-order valence-corrected chi connectivity index (χ4v) is 1.60. The van der Waals surface area contributed by atoms with Crippen LogP contribution in [0.3, 0.4) is 0 Å². The van der Waals surface area contributed by atoms with Gasteiger partial charge in [0.2, 0.25) is 0 Å². The van der Waals surface area contributed by atoms with Gasteiger partial charge in [-0.15, -0.1) is 0 Å². The third-order valence-corrected chi connectivity index (χ3v) is 2.31. The summed E-state index contributed by atoms with van der Waals surface area (Å²) in [6.45, 7) is 6.74. The highest BCUT2D eigenvalue weighted by molar-refractivity contribution is 4.96. The van der Waals surface area contributed by atoms with Crippen LogP contribution in [-0.4, -0.2) is 12.6 Å². The van der Waals surface area contributed by atoms with Crippen molar-refractivity contribution in [3.05, 3.63) is 12.2 Å². The second-order valence-electron chi connectivity index (χ2n) is 3.67. The van der Waals surface area contributed by atoms with E-state index in [1.807, 2.05) is 6.92 Å². The zero-order valence-electron chi connectivity index (χ0n) is 7.64. The first kappa shape index (κ1) is 9.28. The highest BCUT2D eigenvalue weighted by Crippen LogP contribution is 2.24. The van der Waals surface area contributed by atoms with Crippen molar-refractivity contribution < 1.29 is 0 Å². The standard InChI is InChI=1S/C10H16N2/c1-8(2)7-12-10-4-3-9(5-10)6-11/h9-10,12H,1,3-5,7H2,2H3. The molecule has 12 heavy (non-hydrogen) atoms. The number of nitrogens with one attached hydrogen (secondary N) is 1. The summed E-state index contributed by atoms with van der Waals surface area (Å²) in [5, 5.41) is 12.1. The van der Waals surface area contributed by atoms with Crippen LogP contribution in [0.25, 0.3) is 0 Å². The maximum atomic E-state index is 8.67. The Bertz CT molecular complexity index is 202. The Morgan fingerprint density at radius 1 is 1.67 bits per heavy atom. The molecule has 66 valence electrons. The van der Waals surface area contributed by atoms with Gasteiger partial charge in [0, 0.05) is 18.5 Å². The Kier molecular flexibility index (Phi) is 3.31. The highest BCUT2D eigenvalue weighted by Gasteiger charge is 2.23. The fourth-order valence-electron chi connectivity index (χ4n) is 1.60. The van der Waals surface area contributed by atoms with Gasteiger partial charge in [-0.25, -0.2) is 0 Å². The molecule has 1 saturated carbocycles. The summed E-state index contributed by atoms with van der Waals surface area (Å²) in [5.41, 5.74) is 1.16. The van der Waals surface area contributed by atoms with E-state index in [4.69, 9.17) is 5.26 Å². The first-order chi connectivity index (χ1) is 5.72. The Labute approximate surface area is 74.3 Å². The lowest BCUT2D eigenvalue weighted by Gasteiger charge is -2.10. The topological polar surface area (TPSA) is 35.8 Å². The van der Waals surface area contributed by atoms with Crippen LogP contribution in [0.1, 0.15) is 26.2 Å². The lowest BCUT2D eigenvalue weighted by atomic mass is 10.1. The second-order valence-corrected chi connectivity index (χ2v) is 3.67. The second kappa shape index (κ2) is 4.27. The molecule has 0 amide bonds. The number of rotatable bonds is 3. The van der Waals surface area contributed by atoms with E-state index >= 15 is 0 Å². The summed E-state index contributed by atoms with van der Waals surface area (Å²) in [5.74, 6) is 0.285. The smallest absolute Gasteiger partial charge is 0.0656 e. The minimum absolute atomic E-state index is 0.285. The predicted octanol–water partition coefficient (Wildman–Crippen LogP) is 1.84. The molecule has 0 aliphatic heterocycles. The maximum Gasteiger partial charge on any atom is 0.0656 e. The monoisotopic (exact) mass is 164 g/mol. The summed E-state index contributed by atoms with van der Waals surface area (Å²) in [4.78, 5) is 0. The molecule has 1 rings (SSSR count). The molecule has 2 unspecified atom stereocenters. The third-order valence-electron chi connectivity index (χ3n) is 2.31. The largest absolute Gasteiger partial charge is 0.310 e. The fraction of sp³-hybridized carbons (Fsp3) is 0.700. The summed E-state index contributed by atoms with van der Waals surface area (Å²) in [6, 6.07) is 2.87. The van der Waals surface area contributed by atoms with E-state index < -0.39 is 0 Å². The zero-order valence-corrected chi connectivity index (χ0v) is 7.64. The third kappa shape index (κ3) is 2.67. The molecule has 0 heterocycles. The molecule has 1 aliphatic carbocycles. The van der Waals surface area contributed by atoms with Crippen LogP contribution < -0.4 is 5.32 Å². The molecule has 0 aromatic carbocycles. The van der Waals surface area contributed by atoms with Crippen molar-refractivity contribution in [3.63, 3.8) is 0 Å². The molecule has 1 N–H and O–H groups in total. The van der Waals surface area contributed by atoms with Crippen LogP contribution in [0.5, 0.6) is 0 Å². The Morgan fingerprint density at radius 2 is 2.42 bits per heavy atom. The summed E-state index contributed by atoms with van der Waals surface area (Å²) in [6.07, 6.45) is 3.22. The van der Waals surface area contributed by atoms with Crippen LogP contribution in [0.2, 0.25) is 0 Å². The SMILES string of the molecule is C=C(C)CNC1CCC(C#N)C1. The van der Waals surface area contributed by atoms with E-state index in [2.05, 4.69) is 18.0 Å². The number of hydrogen-bond acceptors (Lipinski definition) is 2. The minimum Gasteiger partial charge on any atom is -0.310 e. The summed E-state index contributed by atoms with van der Waals surface area (Å²) in [7, 11) is 0. The van der Waals surface area contributed by atoms with Gasteiger partial charge >= 0.3 is 0 Å². The van der Waals surface area contributed by atoms with Crippen molar-refractivity contribution in [2.75, 3.05) is 6.54 Å². The molecular formula is C10H16N2. The van der Waals surface area contributed by atoms with Crippen LogP contribution in [0, 0.1) is 17.2 Å². The van der Waals surface area contributed by atoms with Gasteiger partial charge in [-0.1, -0.05) is 12.2 Å². The van der Waals surface area contributed by atoms with E-state index in [0.717, 1.165) is 31.4 Å². The number of nitrogens with zero attached hydrogens (tertiary/aromatic N) is 1. The Hall–Kier alpha value is -0.810. The van der Waals surface area contributed by atoms with Crippen molar-refractivity contribution in [1.29, 1.82) is 5.26 Å². The predicted molar refractivity (Wildman–Crippen MR) is 49.6 cm³/mol. The Balaban J connectivity index is 2.20. The molecule has 0 saturated heterocycles. The van der Waals surface area contributed by atoms with Gasteiger partial charge < -0.3 is 5.32 Å². The molecule has 1 fully saturated rings. The molecule has 2 atom stereocenters. The van der Waals surface area contributed by atoms with Crippen molar-refractivity contribution in [3.8, 4) is 6.07 Å². The van der Waals surface area contributed by atoms with Gasteiger partial charge in [0.1, 0.15) is 0 Å². The first-order valence-electron chi connectivity index (χ1n) is 4.49. The van der Waals surface area contributed by atoms with Crippen molar-refractivity contribution in [2.45, 2.75) is 32.2 Å². The van der Waals surface area contributed by atoms with Gasteiger partial charge in [0.15, 0.2) is 0 Å². The van der Waals surface area contributed by atoms with Gasteiger partial charge in [0.05, 0.1) is 6.07 Å². The molecule has 0 radical (unpaired) electrons. The normalized spacial score (nSPS) is 28.3. The lowest BCUT2D eigenvalue weighted by Crippen LogP contribution is -2.27. The van der Waals surface area contributed by atoms with Crippen LogP contribution in [0.4, 0.5) is 0 Å². The van der Waals surface area contributed by atoms with Crippen LogP contribution in [-0.2, 0) is 0 Å². The van der Waals surface area contributed by atoms with E-state index in [-0.39, 0.29) is 5.92 Å². The van der Waals surface area contributed by atoms with Gasteiger partial charge in [-0.3, -0.25) is 0 Å².